The second kappa shape index (κ2) is 7.44. The van der Waals surface area contributed by atoms with E-state index in [1.807, 2.05) is 12.1 Å². The number of ether oxygens (including phenoxy) is 1. The van der Waals surface area contributed by atoms with Crippen LogP contribution in [0.3, 0.4) is 0 Å². The van der Waals surface area contributed by atoms with Crippen molar-refractivity contribution in [2.45, 2.75) is 44.1 Å². The lowest BCUT2D eigenvalue weighted by Gasteiger charge is -2.36. The van der Waals surface area contributed by atoms with E-state index in [0.29, 0.717) is 25.1 Å². The van der Waals surface area contributed by atoms with Crippen molar-refractivity contribution >= 4 is 17.5 Å². The van der Waals surface area contributed by atoms with Crippen LogP contribution in [0.15, 0.2) is 18.2 Å². The Morgan fingerprint density at radius 2 is 2.04 bits per heavy atom. The number of nitrogens with zero attached hydrogens (tertiary/aromatic N) is 1. The fourth-order valence-corrected chi connectivity index (χ4v) is 3.73. The Morgan fingerprint density at radius 1 is 1.28 bits per heavy atom. The fourth-order valence-electron chi connectivity index (χ4n) is 3.73. The number of anilines is 1. The van der Waals surface area contributed by atoms with Crippen LogP contribution in [0.25, 0.3) is 0 Å². The first kappa shape index (κ1) is 17.7. The number of carbonyl (C=O) groups excluding carboxylic acids is 2. The summed E-state index contributed by atoms with van der Waals surface area (Å²) < 4.78 is 5.63. The zero-order valence-electron chi connectivity index (χ0n) is 15.1. The first-order valence-corrected chi connectivity index (χ1v) is 8.98. The van der Waals surface area contributed by atoms with Crippen LogP contribution in [0.2, 0.25) is 0 Å². The summed E-state index contributed by atoms with van der Waals surface area (Å²) >= 11 is 0. The number of benzene rings is 1. The van der Waals surface area contributed by atoms with Crippen molar-refractivity contribution < 1.29 is 14.3 Å². The lowest BCUT2D eigenvalue weighted by molar-refractivity contribution is -0.123. The average molecular weight is 345 g/mol. The molecule has 6 heteroatoms. The Morgan fingerprint density at radius 3 is 2.76 bits per heavy atom. The maximum absolute atomic E-state index is 12.2. The van der Waals surface area contributed by atoms with Crippen molar-refractivity contribution in [2.75, 3.05) is 32.6 Å². The molecule has 2 N–H and O–H groups in total. The molecule has 2 aliphatic rings. The van der Waals surface area contributed by atoms with Crippen LogP contribution in [-0.2, 0) is 16.0 Å². The van der Waals surface area contributed by atoms with Gasteiger partial charge in [0.2, 0.25) is 5.91 Å². The molecule has 0 atom stereocenters. The van der Waals surface area contributed by atoms with E-state index in [-0.39, 0.29) is 24.0 Å². The molecule has 136 valence electrons. The van der Waals surface area contributed by atoms with Gasteiger partial charge < -0.3 is 20.3 Å². The quantitative estimate of drug-likeness (QED) is 0.827. The summed E-state index contributed by atoms with van der Waals surface area (Å²) in [5.41, 5.74) is 1.97. The number of rotatable bonds is 6. The summed E-state index contributed by atoms with van der Waals surface area (Å²) in [6.07, 6.45) is 5.88. The predicted molar refractivity (Wildman–Crippen MR) is 96.8 cm³/mol. The molecule has 0 radical (unpaired) electrons. The number of aryl methyl sites for hydroxylation is 1. The smallest absolute Gasteiger partial charge is 0.258 e. The van der Waals surface area contributed by atoms with Gasteiger partial charge in [-0.3, -0.25) is 9.59 Å². The number of hydrogen-bond donors (Lipinski definition) is 2. The number of fused-ring (bicyclic) bond motifs is 1. The summed E-state index contributed by atoms with van der Waals surface area (Å²) in [5, 5.41) is 5.86. The molecule has 2 amide bonds. The second-order valence-electron chi connectivity index (χ2n) is 7.26. The maximum Gasteiger partial charge on any atom is 0.258 e. The first-order valence-electron chi connectivity index (χ1n) is 8.98. The van der Waals surface area contributed by atoms with Crippen LogP contribution < -0.4 is 15.4 Å². The van der Waals surface area contributed by atoms with Gasteiger partial charge in [-0.05, 0) is 57.1 Å². The molecule has 3 rings (SSSR count). The largest absolute Gasteiger partial charge is 0.484 e. The van der Waals surface area contributed by atoms with Crippen molar-refractivity contribution in [3.63, 3.8) is 0 Å². The van der Waals surface area contributed by atoms with Crippen LogP contribution >= 0.6 is 0 Å². The third kappa shape index (κ3) is 4.12. The van der Waals surface area contributed by atoms with Crippen LogP contribution in [0.4, 0.5) is 5.69 Å². The Labute approximate surface area is 148 Å². The zero-order valence-corrected chi connectivity index (χ0v) is 15.1. The minimum Gasteiger partial charge on any atom is -0.484 e. The van der Waals surface area contributed by atoms with Gasteiger partial charge in [0.15, 0.2) is 6.61 Å². The van der Waals surface area contributed by atoms with Crippen molar-refractivity contribution in [2.24, 2.45) is 0 Å². The third-order valence-electron chi connectivity index (χ3n) is 5.44. The lowest BCUT2D eigenvalue weighted by atomic mass is 9.96. The van der Waals surface area contributed by atoms with Crippen LogP contribution in [0.1, 0.15) is 37.7 Å². The van der Waals surface area contributed by atoms with Crippen molar-refractivity contribution in [1.82, 2.24) is 10.2 Å². The van der Waals surface area contributed by atoms with Gasteiger partial charge in [-0.2, -0.15) is 0 Å². The molecule has 1 aromatic carbocycles. The van der Waals surface area contributed by atoms with Gasteiger partial charge >= 0.3 is 0 Å². The van der Waals surface area contributed by atoms with Crippen molar-refractivity contribution in [1.29, 1.82) is 0 Å². The number of likely N-dealkylation sites (N-methyl/N-ethyl adjacent to an activating group) is 1. The normalized spacial score (nSPS) is 18.6. The number of nitrogens with one attached hydrogen (secondary N) is 2. The van der Waals surface area contributed by atoms with Gasteiger partial charge in [-0.1, -0.05) is 12.8 Å². The highest BCUT2D eigenvalue weighted by molar-refractivity contribution is 5.94. The van der Waals surface area contributed by atoms with Crippen molar-refractivity contribution in [3.05, 3.63) is 23.8 Å². The molecule has 1 aliphatic heterocycles. The van der Waals surface area contributed by atoms with E-state index in [1.54, 1.807) is 6.07 Å². The van der Waals surface area contributed by atoms with Gasteiger partial charge in [0, 0.05) is 24.2 Å². The topological polar surface area (TPSA) is 70.7 Å². The Bertz CT molecular complexity index is 651. The standard InChI is InChI=1S/C19H27N3O3/c1-22(2)19(9-3-4-10-19)13-20-18(24)12-25-15-6-7-16-14(11-15)5-8-17(23)21-16/h6-7,11H,3-5,8-10,12-13H2,1-2H3,(H,20,24)(H,21,23). The molecule has 1 fully saturated rings. The molecular formula is C19H27N3O3. The van der Waals surface area contributed by atoms with Gasteiger partial charge in [0.1, 0.15) is 5.75 Å². The molecule has 1 saturated carbocycles. The first-order chi connectivity index (χ1) is 12.0. The molecule has 0 spiro atoms. The van der Waals surface area contributed by atoms with Crippen LogP contribution in [0.5, 0.6) is 5.75 Å². The van der Waals surface area contributed by atoms with E-state index in [0.717, 1.165) is 24.1 Å². The van der Waals surface area contributed by atoms with Crippen LogP contribution in [0, 0.1) is 0 Å². The molecule has 0 saturated heterocycles. The fraction of sp³-hybridized carbons (Fsp3) is 0.579. The Balaban J connectivity index is 1.50. The number of carbonyl (C=O) groups is 2. The van der Waals surface area contributed by atoms with E-state index in [1.165, 1.54) is 12.8 Å². The average Bonchev–Trinajstić information content (AvgIpc) is 3.08. The molecule has 1 aliphatic carbocycles. The molecule has 1 heterocycles. The number of hydrogen-bond acceptors (Lipinski definition) is 4. The van der Waals surface area contributed by atoms with E-state index < -0.39 is 0 Å². The highest BCUT2D eigenvalue weighted by Gasteiger charge is 2.36. The number of amides is 2. The molecule has 25 heavy (non-hydrogen) atoms. The maximum atomic E-state index is 12.2. The lowest BCUT2D eigenvalue weighted by Crippen LogP contribution is -2.51. The highest BCUT2D eigenvalue weighted by Crippen LogP contribution is 2.33. The minimum absolute atomic E-state index is 0.00859. The third-order valence-corrected chi connectivity index (χ3v) is 5.44. The zero-order chi connectivity index (χ0) is 17.9. The van der Waals surface area contributed by atoms with Gasteiger partial charge in [-0.25, -0.2) is 0 Å². The summed E-state index contributed by atoms with van der Waals surface area (Å²) in [7, 11) is 4.17. The molecule has 0 aromatic heterocycles. The monoisotopic (exact) mass is 345 g/mol. The molecule has 0 unspecified atom stereocenters. The van der Waals surface area contributed by atoms with E-state index in [9.17, 15) is 9.59 Å². The molecule has 0 bridgehead atoms. The van der Waals surface area contributed by atoms with Crippen LogP contribution in [-0.4, -0.2) is 49.5 Å². The molecule has 1 aromatic rings. The second-order valence-corrected chi connectivity index (χ2v) is 7.26. The summed E-state index contributed by atoms with van der Waals surface area (Å²) in [6, 6.07) is 5.52. The Hall–Kier alpha value is -2.08. The van der Waals surface area contributed by atoms with Gasteiger partial charge in [-0.15, -0.1) is 0 Å². The summed E-state index contributed by atoms with van der Waals surface area (Å²) in [6.45, 7) is 0.674. The van der Waals surface area contributed by atoms with E-state index in [4.69, 9.17) is 4.74 Å². The molecular weight excluding hydrogens is 318 g/mol. The summed E-state index contributed by atoms with van der Waals surface area (Å²) in [5.74, 6) is 0.606. The Kier molecular flexibility index (Phi) is 5.27. The minimum atomic E-state index is -0.0980. The molecule has 6 nitrogen and oxygen atoms in total. The highest BCUT2D eigenvalue weighted by atomic mass is 16.5. The predicted octanol–water partition coefficient (Wildman–Crippen LogP) is 1.94. The van der Waals surface area contributed by atoms with E-state index >= 15 is 0 Å². The van der Waals surface area contributed by atoms with Crippen molar-refractivity contribution in [3.8, 4) is 5.75 Å². The summed E-state index contributed by atoms with van der Waals surface area (Å²) in [4.78, 5) is 25.8. The SMILES string of the molecule is CN(C)C1(CNC(=O)COc2ccc3c(c2)CCC(=O)N3)CCCC1. The van der Waals surface area contributed by atoms with Gasteiger partial charge in [0.25, 0.3) is 5.91 Å². The van der Waals surface area contributed by atoms with E-state index in [2.05, 4.69) is 29.6 Å². The van der Waals surface area contributed by atoms with Gasteiger partial charge in [0.05, 0.1) is 0 Å².